The second-order valence-corrected chi connectivity index (χ2v) is 4.66. The molecule has 0 saturated carbocycles. The fourth-order valence-corrected chi connectivity index (χ4v) is 2.73. The number of carboxylic acid groups (broad SMARTS) is 1. The second kappa shape index (κ2) is 4.88. The first-order valence-electron chi connectivity index (χ1n) is 6.14. The van der Waals surface area contributed by atoms with Gasteiger partial charge in [0.05, 0.1) is 12.5 Å². The van der Waals surface area contributed by atoms with Crippen LogP contribution in [0.15, 0.2) is 12.1 Å². The van der Waals surface area contributed by atoms with Crippen LogP contribution in [0.5, 0.6) is 0 Å². The summed E-state index contributed by atoms with van der Waals surface area (Å²) in [5.74, 6) is -0.782. The lowest BCUT2D eigenvalue weighted by Gasteiger charge is -2.24. The molecule has 2 N–H and O–H groups in total. The molecule has 0 radical (unpaired) electrons. The van der Waals surface area contributed by atoms with Crippen molar-refractivity contribution in [2.24, 2.45) is 0 Å². The Balaban J connectivity index is 2.41. The smallest absolute Gasteiger partial charge is 0.307 e. The third-order valence-corrected chi connectivity index (χ3v) is 3.50. The lowest BCUT2D eigenvalue weighted by Crippen LogP contribution is -2.21. The molecule has 3 nitrogen and oxygen atoms in total. The first kappa shape index (κ1) is 12.1. The maximum Gasteiger partial charge on any atom is 0.307 e. The van der Waals surface area contributed by atoms with Crippen LogP contribution in [-0.4, -0.2) is 22.3 Å². The fourth-order valence-electron chi connectivity index (χ4n) is 2.73. The highest BCUT2D eigenvalue weighted by molar-refractivity contribution is 5.71. The maximum atomic E-state index is 10.8. The molecule has 0 spiro atoms. The lowest BCUT2D eigenvalue weighted by molar-refractivity contribution is -0.136. The maximum absolute atomic E-state index is 10.8. The molecule has 17 heavy (non-hydrogen) atoms. The minimum Gasteiger partial charge on any atom is -0.481 e. The van der Waals surface area contributed by atoms with E-state index in [1.54, 1.807) is 0 Å². The van der Waals surface area contributed by atoms with Gasteiger partial charge in [-0.15, -0.1) is 0 Å². The predicted octanol–water partition coefficient (Wildman–Crippen LogP) is 1.73. The molecule has 0 bridgehead atoms. The summed E-state index contributed by atoms with van der Waals surface area (Å²) >= 11 is 0. The third-order valence-electron chi connectivity index (χ3n) is 3.50. The zero-order valence-electron chi connectivity index (χ0n) is 10.1. The van der Waals surface area contributed by atoms with Gasteiger partial charge in [-0.3, -0.25) is 4.79 Å². The van der Waals surface area contributed by atoms with Gasteiger partial charge in [0.15, 0.2) is 0 Å². The standard InChI is InChI=1S/C14H18O3/c1-2-12-10(8-14(16)17)4-3-9-7-11(15)5-6-13(9)12/h3-4,11,15H,2,5-8H2,1H3,(H,16,17). The molecule has 92 valence electrons. The summed E-state index contributed by atoms with van der Waals surface area (Å²) in [5.41, 5.74) is 4.57. The number of aliphatic hydroxyl groups is 1. The highest BCUT2D eigenvalue weighted by Crippen LogP contribution is 2.28. The molecule has 0 aliphatic heterocycles. The van der Waals surface area contributed by atoms with Crippen molar-refractivity contribution in [3.8, 4) is 0 Å². The minimum absolute atomic E-state index is 0.0962. The summed E-state index contributed by atoms with van der Waals surface area (Å²) in [6.45, 7) is 2.06. The zero-order valence-corrected chi connectivity index (χ0v) is 10.1. The molecule has 0 heterocycles. The van der Waals surface area contributed by atoms with Gasteiger partial charge in [-0.05, 0) is 47.9 Å². The van der Waals surface area contributed by atoms with Crippen LogP contribution < -0.4 is 0 Å². The van der Waals surface area contributed by atoms with Gasteiger partial charge >= 0.3 is 5.97 Å². The highest BCUT2D eigenvalue weighted by Gasteiger charge is 2.20. The molecular formula is C14H18O3. The Morgan fingerprint density at radius 1 is 1.47 bits per heavy atom. The van der Waals surface area contributed by atoms with Crippen LogP contribution in [0.1, 0.15) is 35.6 Å². The Morgan fingerprint density at radius 2 is 2.24 bits per heavy atom. The summed E-state index contributed by atoms with van der Waals surface area (Å²) in [7, 11) is 0. The molecule has 2 rings (SSSR count). The molecule has 0 fully saturated rings. The predicted molar refractivity (Wildman–Crippen MR) is 65.2 cm³/mol. The van der Waals surface area contributed by atoms with Crippen LogP contribution in [0.3, 0.4) is 0 Å². The summed E-state index contributed by atoms with van der Waals surface area (Å²) < 4.78 is 0. The summed E-state index contributed by atoms with van der Waals surface area (Å²) in [5, 5.41) is 18.5. The van der Waals surface area contributed by atoms with Gasteiger partial charge < -0.3 is 10.2 Å². The van der Waals surface area contributed by atoms with Gasteiger partial charge in [-0.25, -0.2) is 0 Å². The van der Waals surface area contributed by atoms with E-state index in [9.17, 15) is 9.90 Å². The Kier molecular flexibility index (Phi) is 3.48. The molecule has 1 aliphatic rings. The van der Waals surface area contributed by atoms with E-state index in [0.29, 0.717) is 6.42 Å². The van der Waals surface area contributed by atoms with Crippen LogP contribution in [0.2, 0.25) is 0 Å². The van der Waals surface area contributed by atoms with E-state index < -0.39 is 5.97 Å². The first-order valence-corrected chi connectivity index (χ1v) is 6.14. The molecular weight excluding hydrogens is 216 g/mol. The van der Waals surface area contributed by atoms with Crippen molar-refractivity contribution in [1.29, 1.82) is 0 Å². The van der Waals surface area contributed by atoms with Crippen LogP contribution in [0.25, 0.3) is 0 Å². The Hall–Kier alpha value is -1.35. The minimum atomic E-state index is -0.782. The number of aliphatic hydroxyl groups excluding tert-OH is 1. The Morgan fingerprint density at radius 3 is 2.88 bits per heavy atom. The number of hydrogen-bond acceptors (Lipinski definition) is 2. The molecule has 1 aromatic rings. The normalized spacial score (nSPS) is 18.8. The molecule has 1 atom stereocenters. The van der Waals surface area contributed by atoms with Gasteiger partial charge in [0.1, 0.15) is 0 Å². The van der Waals surface area contributed by atoms with Crippen molar-refractivity contribution in [2.45, 2.75) is 45.1 Å². The van der Waals surface area contributed by atoms with E-state index in [2.05, 4.69) is 6.92 Å². The van der Waals surface area contributed by atoms with Crippen LogP contribution in [0.4, 0.5) is 0 Å². The van der Waals surface area contributed by atoms with E-state index in [1.165, 1.54) is 16.7 Å². The van der Waals surface area contributed by atoms with Gasteiger partial charge in [0.2, 0.25) is 0 Å². The molecule has 1 aliphatic carbocycles. The summed E-state index contributed by atoms with van der Waals surface area (Å²) in [4.78, 5) is 10.8. The van der Waals surface area contributed by atoms with Crippen molar-refractivity contribution in [3.05, 3.63) is 34.4 Å². The molecule has 0 amide bonds. The van der Waals surface area contributed by atoms with Gasteiger partial charge in [0, 0.05) is 0 Å². The van der Waals surface area contributed by atoms with Crippen LogP contribution >= 0.6 is 0 Å². The topological polar surface area (TPSA) is 57.5 Å². The Labute approximate surface area is 101 Å². The van der Waals surface area contributed by atoms with Gasteiger partial charge in [0.25, 0.3) is 0 Å². The largest absolute Gasteiger partial charge is 0.481 e. The number of fused-ring (bicyclic) bond motifs is 1. The monoisotopic (exact) mass is 234 g/mol. The SMILES string of the molecule is CCc1c(CC(=O)O)ccc2c1CCC(O)C2. The van der Waals surface area contributed by atoms with Crippen LogP contribution in [0, 0.1) is 0 Å². The van der Waals surface area contributed by atoms with Crippen LogP contribution in [-0.2, 0) is 30.5 Å². The third kappa shape index (κ3) is 2.50. The number of carbonyl (C=O) groups is 1. The fraction of sp³-hybridized carbons (Fsp3) is 0.500. The first-order chi connectivity index (χ1) is 8.11. The van der Waals surface area contributed by atoms with E-state index >= 15 is 0 Å². The lowest BCUT2D eigenvalue weighted by atomic mass is 9.83. The second-order valence-electron chi connectivity index (χ2n) is 4.66. The number of carboxylic acids is 1. The number of rotatable bonds is 3. The molecule has 1 aromatic carbocycles. The van der Waals surface area contributed by atoms with Gasteiger partial charge in [-0.1, -0.05) is 19.1 Å². The van der Waals surface area contributed by atoms with Crippen molar-refractivity contribution >= 4 is 5.97 Å². The quantitative estimate of drug-likeness (QED) is 0.837. The zero-order chi connectivity index (χ0) is 12.4. The van der Waals surface area contributed by atoms with Crippen molar-refractivity contribution < 1.29 is 15.0 Å². The van der Waals surface area contributed by atoms with E-state index in [-0.39, 0.29) is 12.5 Å². The van der Waals surface area contributed by atoms with Crippen molar-refractivity contribution in [2.75, 3.05) is 0 Å². The number of hydrogen-bond donors (Lipinski definition) is 2. The summed E-state index contributed by atoms with van der Waals surface area (Å²) in [6, 6.07) is 3.89. The molecule has 1 unspecified atom stereocenters. The molecule has 0 aromatic heterocycles. The summed E-state index contributed by atoms with van der Waals surface area (Å²) in [6.07, 6.45) is 3.08. The average molecular weight is 234 g/mol. The van der Waals surface area contributed by atoms with E-state index in [1.807, 2.05) is 12.1 Å². The number of benzene rings is 1. The molecule has 3 heteroatoms. The van der Waals surface area contributed by atoms with E-state index in [4.69, 9.17) is 5.11 Å². The van der Waals surface area contributed by atoms with Crippen molar-refractivity contribution in [3.63, 3.8) is 0 Å². The number of aliphatic carboxylic acids is 1. The van der Waals surface area contributed by atoms with E-state index in [0.717, 1.165) is 24.8 Å². The molecule has 0 saturated heterocycles. The van der Waals surface area contributed by atoms with Crippen molar-refractivity contribution in [1.82, 2.24) is 0 Å². The average Bonchev–Trinajstić information content (AvgIpc) is 2.28. The Bertz CT molecular complexity index is 437. The highest BCUT2D eigenvalue weighted by atomic mass is 16.4. The van der Waals surface area contributed by atoms with Gasteiger partial charge in [-0.2, -0.15) is 0 Å².